The zero-order chi connectivity index (χ0) is 19.3. The molecule has 0 radical (unpaired) electrons. The van der Waals surface area contributed by atoms with Gasteiger partial charge in [-0.15, -0.1) is 0 Å². The number of sulfonamides is 1. The molecule has 0 saturated carbocycles. The second kappa shape index (κ2) is 6.61. The van der Waals surface area contributed by atoms with Crippen molar-refractivity contribution in [2.24, 2.45) is 0 Å². The maximum Gasteiger partial charge on any atom is 0.243 e. The number of piperazine rings is 1. The lowest BCUT2D eigenvalue weighted by atomic mass is 10.1. The van der Waals surface area contributed by atoms with E-state index in [1.807, 2.05) is 11.8 Å². The standard InChI is InChI=1S/C19H19F3N2O2S/c1-12-2-4-17(5-3-12)27(25,26)24-11-15-8-16(24)10-23(15)9-13-6-14(20)7-18(21)19(13)22/h2-7,15-16H,8-11H2,1H3/t15-,16-/m1/s1. The topological polar surface area (TPSA) is 40.6 Å². The number of halogens is 3. The van der Waals surface area contributed by atoms with Gasteiger partial charge in [0, 0.05) is 43.3 Å². The van der Waals surface area contributed by atoms with E-state index in [-0.39, 0.29) is 29.1 Å². The summed E-state index contributed by atoms with van der Waals surface area (Å²) in [4.78, 5) is 2.15. The fourth-order valence-electron chi connectivity index (χ4n) is 3.99. The molecule has 2 aliphatic heterocycles. The van der Waals surface area contributed by atoms with Crippen LogP contribution in [-0.4, -0.2) is 42.8 Å². The third-order valence-electron chi connectivity index (χ3n) is 5.37. The summed E-state index contributed by atoms with van der Waals surface area (Å²) in [5.41, 5.74) is 0.931. The fourth-order valence-corrected chi connectivity index (χ4v) is 5.65. The smallest absolute Gasteiger partial charge is 0.243 e. The Labute approximate surface area is 156 Å². The van der Waals surface area contributed by atoms with Crippen molar-refractivity contribution in [3.05, 3.63) is 65.0 Å². The molecule has 4 rings (SSSR count). The third kappa shape index (κ3) is 3.26. The van der Waals surface area contributed by atoms with Crippen molar-refractivity contribution >= 4 is 10.0 Å². The van der Waals surface area contributed by atoms with Crippen molar-refractivity contribution in [1.29, 1.82) is 0 Å². The van der Waals surface area contributed by atoms with Crippen LogP contribution in [-0.2, 0) is 16.6 Å². The molecule has 0 aromatic heterocycles. The molecule has 0 N–H and O–H groups in total. The van der Waals surface area contributed by atoms with Gasteiger partial charge in [0.25, 0.3) is 0 Å². The predicted octanol–water partition coefficient (Wildman–Crippen LogP) is 3.06. The molecule has 8 heteroatoms. The first-order valence-corrected chi connectivity index (χ1v) is 10.2. The molecule has 2 atom stereocenters. The quantitative estimate of drug-likeness (QED) is 0.746. The predicted molar refractivity (Wildman–Crippen MR) is 94.0 cm³/mol. The van der Waals surface area contributed by atoms with Gasteiger partial charge >= 0.3 is 0 Å². The maximum atomic E-state index is 13.9. The van der Waals surface area contributed by atoms with Crippen LogP contribution in [0.5, 0.6) is 0 Å². The highest BCUT2D eigenvalue weighted by atomic mass is 32.2. The van der Waals surface area contributed by atoms with Crippen LogP contribution < -0.4 is 0 Å². The van der Waals surface area contributed by atoms with Crippen LogP contribution in [0.15, 0.2) is 41.3 Å². The first-order valence-electron chi connectivity index (χ1n) is 8.71. The molecule has 2 heterocycles. The summed E-state index contributed by atoms with van der Waals surface area (Å²) in [7, 11) is -3.59. The van der Waals surface area contributed by atoms with Crippen LogP contribution >= 0.6 is 0 Å². The van der Waals surface area contributed by atoms with Gasteiger partial charge in [0.1, 0.15) is 5.82 Å². The van der Waals surface area contributed by atoms with Gasteiger partial charge in [-0.25, -0.2) is 21.6 Å². The lowest BCUT2D eigenvalue weighted by Gasteiger charge is -2.33. The Hall–Kier alpha value is -1.90. The van der Waals surface area contributed by atoms with Gasteiger partial charge in [-0.2, -0.15) is 4.31 Å². The molecule has 2 aromatic rings. The number of hydrogen-bond donors (Lipinski definition) is 0. The largest absolute Gasteiger partial charge is 0.293 e. The maximum absolute atomic E-state index is 13.9. The Morgan fingerprint density at radius 2 is 1.74 bits per heavy atom. The van der Waals surface area contributed by atoms with Crippen molar-refractivity contribution in [2.75, 3.05) is 13.1 Å². The van der Waals surface area contributed by atoms with Crippen molar-refractivity contribution in [3.63, 3.8) is 0 Å². The molecule has 0 spiro atoms. The van der Waals surface area contributed by atoms with Gasteiger partial charge in [-0.1, -0.05) is 17.7 Å². The minimum atomic E-state index is -3.59. The van der Waals surface area contributed by atoms with Crippen molar-refractivity contribution in [3.8, 4) is 0 Å². The van der Waals surface area contributed by atoms with E-state index in [9.17, 15) is 21.6 Å². The van der Waals surface area contributed by atoms with Crippen LogP contribution in [0.4, 0.5) is 13.2 Å². The Kier molecular flexibility index (Phi) is 4.52. The highest BCUT2D eigenvalue weighted by Crippen LogP contribution is 2.36. The highest BCUT2D eigenvalue weighted by Gasteiger charge is 2.48. The minimum Gasteiger partial charge on any atom is -0.293 e. The molecule has 2 fully saturated rings. The van der Waals surface area contributed by atoms with E-state index >= 15 is 0 Å². The van der Waals surface area contributed by atoms with Crippen LogP contribution in [0.1, 0.15) is 17.5 Å². The second-order valence-electron chi connectivity index (χ2n) is 7.22. The summed E-state index contributed by atoms with van der Waals surface area (Å²) in [5.74, 6) is -3.09. The molecule has 4 nitrogen and oxygen atoms in total. The summed E-state index contributed by atoms with van der Waals surface area (Å²) < 4.78 is 68.0. The van der Waals surface area contributed by atoms with E-state index in [0.717, 1.165) is 11.6 Å². The van der Waals surface area contributed by atoms with Gasteiger partial charge in [0.05, 0.1) is 4.90 Å². The zero-order valence-electron chi connectivity index (χ0n) is 14.7. The molecule has 27 heavy (non-hydrogen) atoms. The zero-order valence-corrected chi connectivity index (χ0v) is 15.5. The molecule has 2 saturated heterocycles. The first kappa shape index (κ1) is 18.5. The van der Waals surface area contributed by atoms with Crippen molar-refractivity contribution in [1.82, 2.24) is 9.21 Å². The lowest BCUT2D eigenvalue weighted by Crippen LogP contribution is -2.48. The average Bonchev–Trinajstić information content (AvgIpc) is 3.20. The third-order valence-corrected chi connectivity index (χ3v) is 7.31. The minimum absolute atomic E-state index is 0.0482. The molecule has 0 unspecified atom stereocenters. The number of likely N-dealkylation sites (tertiary alicyclic amines) is 1. The fraction of sp³-hybridized carbons (Fsp3) is 0.368. The average molecular weight is 396 g/mol. The Morgan fingerprint density at radius 1 is 1.04 bits per heavy atom. The Bertz CT molecular complexity index is 979. The molecular formula is C19H19F3N2O2S. The number of hydrogen-bond acceptors (Lipinski definition) is 3. The normalized spacial score (nSPS) is 23.3. The summed E-state index contributed by atoms with van der Waals surface area (Å²) in [6.07, 6.45) is 0.629. The van der Waals surface area contributed by atoms with Crippen LogP contribution in [0.2, 0.25) is 0 Å². The van der Waals surface area contributed by atoms with E-state index in [2.05, 4.69) is 0 Å². The van der Waals surface area contributed by atoms with Crippen molar-refractivity contribution < 1.29 is 21.6 Å². The molecule has 0 aliphatic carbocycles. The lowest BCUT2D eigenvalue weighted by molar-refractivity contribution is 0.172. The van der Waals surface area contributed by atoms with E-state index in [4.69, 9.17) is 0 Å². The summed E-state index contributed by atoms with van der Waals surface area (Å²) in [6, 6.07) is 7.90. The first-order chi connectivity index (χ1) is 12.8. The molecular weight excluding hydrogens is 377 g/mol. The van der Waals surface area contributed by atoms with Gasteiger partial charge in [-0.05, 0) is 31.5 Å². The van der Waals surface area contributed by atoms with Crippen molar-refractivity contribution in [2.45, 2.75) is 36.9 Å². The van der Waals surface area contributed by atoms with E-state index in [1.54, 1.807) is 24.3 Å². The number of benzene rings is 2. The van der Waals surface area contributed by atoms with Crippen LogP contribution in [0, 0.1) is 24.4 Å². The number of fused-ring (bicyclic) bond motifs is 2. The SMILES string of the molecule is Cc1ccc(S(=O)(=O)N2C[C@H]3C[C@@H]2CN3Cc2cc(F)cc(F)c2F)cc1. The molecule has 2 aromatic carbocycles. The molecule has 2 aliphatic rings. The number of nitrogens with zero attached hydrogens (tertiary/aromatic N) is 2. The monoisotopic (exact) mass is 396 g/mol. The van der Waals surface area contributed by atoms with Gasteiger partial charge in [0.15, 0.2) is 11.6 Å². The van der Waals surface area contributed by atoms with E-state index in [1.165, 1.54) is 4.31 Å². The van der Waals surface area contributed by atoms with E-state index < -0.39 is 27.5 Å². The molecule has 0 amide bonds. The number of rotatable bonds is 4. The van der Waals surface area contributed by atoms with Crippen LogP contribution in [0.25, 0.3) is 0 Å². The van der Waals surface area contributed by atoms with Gasteiger partial charge in [0.2, 0.25) is 10.0 Å². The van der Waals surface area contributed by atoms with Gasteiger partial charge in [-0.3, -0.25) is 4.90 Å². The molecule has 144 valence electrons. The Morgan fingerprint density at radius 3 is 2.37 bits per heavy atom. The summed E-state index contributed by atoms with van der Waals surface area (Å²) in [6.45, 7) is 2.65. The van der Waals surface area contributed by atoms with Crippen LogP contribution in [0.3, 0.4) is 0 Å². The molecule has 2 bridgehead atoms. The van der Waals surface area contributed by atoms with Gasteiger partial charge < -0.3 is 0 Å². The summed E-state index contributed by atoms with van der Waals surface area (Å²) in [5, 5.41) is 0. The Balaban J connectivity index is 1.51. The number of aryl methyl sites for hydroxylation is 1. The highest BCUT2D eigenvalue weighted by molar-refractivity contribution is 7.89. The second-order valence-corrected chi connectivity index (χ2v) is 9.11. The van der Waals surface area contributed by atoms with E-state index in [0.29, 0.717) is 25.6 Å². The summed E-state index contributed by atoms with van der Waals surface area (Å²) >= 11 is 0.